The number of hydrogen-bond donors (Lipinski definition) is 1. The summed E-state index contributed by atoms with van der Waals surface area (Å²) in [5, 5.41) is 10.1. The van der Waals surface area contributed by atoms with E-state index in [0.717, 1.165) is 16.9 Å². The number of aromatic hydroxyl groups is 1. The van der Waals surface area contributed by atoms with Crippen molar-refractivity contribution >= 4 is 34.3 Å². The van der Waals surface area contributed by atoms with Crippen LogP contribution in [-0.4, -0.2) is 41.2 Å². The minimum atomic E-state index is -0.735. The highest BCUT2D eigenvalue weighted by Gasteiger charge is 2.25. The molecule has 0 fully saturated rings. The van der Waals surface area contributed by atoms with Crippen LogP contribution in [-0.2, 0) is 20.8 Å². The van der Waals surface area contributed by atoms with Gasteiger partial charge in [0, 0.05) is 0 Å². The van der Waals surface area contributed by atoms with Crippen LogP contribution in [0.25, 0.3) is 0 Å². The Morgan fingerprint density at radius 2 is 1.76 bits per heavy atom. The van der Waals surface area contributed by atoms with Gasteiger partial charge in [-0.05, 0) is 44.0 Å². The van der Waals surface area contributed by atoms with Crippen LogP contribution < -0.4 is 4.90 Å². The van der Waals surface area contributed by atoms with Crippen LogP contribution in [0.5, 0.6) is 5.75 Å². The molecular weight excluding hydrogens is 444 g/mol. The SMILES string of the molecule is CCOC(=O)c1sc(N(Cc2ccccc2)C(=O)COC(=O)c2ccc(C)c(O)c2)nc1C. The number of ether oxygens (including phenoxy) is 2. The minimum absolute atomic E-state index is 0.0359. The molecule has 0 spiro atoms. The fourth-order valence-electron chi connectivity index (χ4n) is 2.94. The maximum Gasteiger partial charge on any atom is 0.350 e. The van der Waals surface area contributed by atoms with E-state index < -0.39 is 24.5 Å². The molecule has 0 saturated heterocycles. The van der Waals surface area contributed by atoms with Crippen molar-refractivity contribution in [3.05, 3.63) is 75.8 Å². The zero-order valence-electron chi connectivity index (χ0n) is 18.5. The van der Waals surface area contributed by atoms with Crippen molar-refractivity contribution in [1.29, 1.82) is 0 Å². The number of benzene rings is 2. The molecule has 0 aliphatic carbocycles. The fourth-order valence-corrected chi connectivity index (χ4v) is 3.91. The van der Waals surface area contributed by atoms with E-state index in [1.165, 1.54) is 17.0 Å². The van der Waals surface area contributed by atoms with Gasteiger partial charge in [-0.2, -0.15) is 0 Å². The maximum atomic E-state index is 13.1. The van der Waals surface area contributed by atoms with Crippen LogP contribution >= 0.6 is 11.3 Å². The van der Waals surface area contributed by atoms with E-state index in [1.807, 2.05) is 30.3 Å². The van der Waals surface area contributed by atoms with E-state index in [-0.39, 0.29) is 24.5 Å². The number of amides is 1. The zero-order valence-corrected chi connectivity index (χ0v) is 19.3. The van der Waals surface area contributed by atoms with Gasteiger partial charge in [0.15, 0.2) is 11.7 Å². The number of anilines is 1. The van der Waals surface area contributed by atoms with Crippen LogP contribution in [0.3, 0.4) is 0 Å². The number of nitrogens with zero attached hydrogens (tertiary/aromatic N) is 2. The van der Waals surface area contributed by atoms with E-state index >= 15 is 0 Å². The smallest absolute Gasteiger partial charge is 0.350 e. The van der Waals surface area contributed by atoms with Crippen molar-refractivity contribution in [2.24, 2.45) is 0 Å². The molecule has 0 saturated carbocycles. The quantitative estimate of drug-likeness (QED) is 0.498. The molecule has 3 aromatic rings. The van der Waals surface area contributed by atoms with Crippen molar-refractivity contribution < 1.29 is 29.0 Å². The second kappa shape index (κ2) is 10.7. The molecule has 9 heteroatoms. The Kier molecular flexibility index (Phi) is 7.78. The predicted octanol–water partition coefficient (Wildman–Crippen LogP) is 4.03. The molecule has 0 radical (unpaired) electrons. The Hall–Kier alpha value is -3.72. The Morgan fingerprint density at radius 1 is 1.03 bits per heavy atom. The van der Waals surface area contributed by atoms with Gasteiger partial charge in [0.1, 0.15) is 10.6 Å². The third kappa shape index (κ3) is 5.95. The van der Waals surface area contributed by atoms with Crippen molar-refractivity contribution in [2.45, 2.75) is 27.3 Å². The lowest BCUT2D eigenvalue weighted by Crippen LogP contribution is -2.34. The maximum absolute atomic E-state index is 13.1. The first-order valence-corrected chi connectivity index (χ1v) is 11.1. The van der Waals surface area contributed by atoms with Gasteiger partial charge in [-0.3, -0.25) is 9.69 Å². The van der Waals surface area contributed by atoms with Crippen molar-refractivity contribution in [1.82, 2.24) is 4.98 Å². The van der Waals surface area contributed by atoms with Crippen molar-refractivity contribution in [3.8, 4) is 5.75 Å². The average Bonchev–Trinajstić information content (AvgIpc) is 3.19. The monoisotopic (exact) mass is 468 g/mol. The standard InChI is InChI=1S/C24H24N2O6S/c1-4-31-23(30)21-16(3)25-24(33-21)26(13-17-8-6-5-7-9-17)20(28)14-32-22(29)18-11-10-15(2)19(27)12-18/h5-12,27H,4,13-14H2,1-3H3. The number of aryl methyl sites for hydroxylation is 2. The Morgan fingerprint density at radius 3 is 2.42 bits per heavy atom. The summed E-state index contributed by atoms with van der Waals surface area (Å²) in [6, 6.07) is 13.7. The Bertz CT molecular complexity index is 1160. The summed E-state index contributed by atoms with van der Waals surface area (Å²) in [4.78, 5) is 43.7. The molecule has 0 unspecified atom stereocenters. The number of esters is 2. The highest BCUT2D eigenvalue weighted by atomic mass is 32.1. The number of hydrogen-bond acceptors (Lipinski definition) is 8. The van der Waals surface area contributed by atoms with Gasteiger partial charge < -0.3 is 14.6 Å². The number of rotatable bonds is 8. The minimum Gasteiger partial charge on any atom is -0.508 e. The lowest BCUT2D eigenvalue weighted by Gasteiger charge is -2.20. The van der Waals surface area contributed by atoms with Crippen molar-refractivity contribution in [2.75, 3.05) is 18.1 Å². The molecule has 0 atom stereocenters. The third-order valence-corrected chi connectivity index (χ3v) is 5.89. The first-order chi connectivity index (χ1) is 15.8. The molecule has 1 heterocycles. The van der Waals surface area contributed by atoms with Gasteiger partial charge in [0.05, 0.1) is 24.4 Å². The summed E-state index contributed by atoms with van der Waals surface area (Å²) in [5.41, 5.74) is 2.04. The summed E-state index contributed by atoms with van der Waals surface area (Å²) in [6.07, 6.45) is 0. The van der Waals surface area contributed by atoms with Crippen LogP contribution in [0, 0.1) is 13.8 Å². The molecule has 1 amide bonds. The van der Waals surface area contributed by atoms with Crippen molar-refractivity contribution in [3.63, 3.8) is 0 Å². The van der Waals surface area contributed by atoms with Gasteiger partial charge >= 0.3 is 11.9 Å². The van der Waals surface area contributed by atoms with Gasteiger partial charge in [0.25, 0.3) is 5.91 Å². The lowest BCUT2D eigenvalue weighted by molar-refractivity contribution is -0.121. The average molecular weight is 469 g/mol. The number of phenolic OH excluding ortho intramolecular Hbond substituents is 1. The van der Waals surface area contributed by atoms with Crippen LogP contribution in [0.4, 0.5) is 5.13 Å². The number of carbonyl (C=O) groups excluding carboxylic acids is 3. The fraction of sp³-hybridized carbons (Fsp3) is 0.250. The van der Waals surface area contributed by atoms with Gasteiger partial charge in [0.2, 0.25) is 0 Å². The highest BCUT2D eigenvalue weighted by Crippen LogP contribution is 2.28. The summed E-state index contributed by atoms with van der Waals surface area (Å²) in [7, 11) is 0. The number of carbonyl (C=O) groups is 3. The number of phenols is 1. The molecule has 1 aromatic heterocycles. The number of aromatic nitrogens is 1. The molecule has 8 nitrogen and oxygen atoms in total. The predicted molar refractivity (Wildman–Crippen MR) is 124 cm³/mol. The topological polar surface area (TPSA) is 106 Å². The van der Waals surface area contributed by atoms with Gasteiger partial charge in [-0.1, -0.05) is 47.7 Å². The van der Waals surface area contributed by atoms with Crippen LogP contribution in [0.15, 0.2) is 48.5 Å². The first-order valence-electron chi connectivity index (χ1n) is 10.3. The summed E-state index contributed by atoms with van der Waals surface area (Å²) in [6.45, 7) is 4.95. The molecule has 172 valence electrons. The normalized spacial score (nSPS) is 10.5. The summed E-state index contributed by atoms with van der Waals surface area (Å²) in [5.74, 6) is -1.78. The number of thiazole rings is 1. The second-order valence-corrected chi connectivity index (χ2v) is 8.15. The molecule has 0 aliphatic rings. The van der Waals surface area contributed by atoms with Gasteiger partial charge in [-0.25, -0.2) is 14.6 Å². The Balaban J connectivity index is 1.81. The van der Waals surface area contributed by atoms with Crippen LogP contribution in [0.1, 0.15) is 43.8 Å². The van der Waals surface area contributed by atoms with E-state index in [2.05, 4.69) is 4.98 Å². The third-order valence-electron chi connectivity index (χ3n) is 4.73. The first kappa shape index (κ1) is 23.9. The Labute approximate surface area is 195 Å². The molecule has 1 N–H and O–H groups in total. The van der Waals surface area contributed by atoms with E-state index in [4.69, 9.17) is 9.47 Å². The van der Waals surface area contributed by atoms with E-state index in [9.17, 15) is 19.5 Å². The van der Waals surface area contributed by atoms with E-state index in [1.54, 1.807) is 26.8 Å². The summed E-state index contributed by atoms with van der Waals surface area (Å²) >= 11 is 1.04. The molecule has 0 bridgehead atoms. The lowest BCUT2D eigenvalue weighted by atomic mass is 10.1. The molecule has 3 rings (SSSR count). The van der Waals surface area contributed by atoms with Crippen LogP contribution in [0.2, 0.25) is 0 Å². The summed E-state index contributed by atoms with van der Waals surface area (Å²) < 4.78 is 10.3. The molecule has 0 aliphatic heterocycles. The molecular formula is C24H24N2O6S. The molecule has 2 aromatic carbocycles. The largest absolute Gasteiger partial charge is 0.508 e. The van der Waals surface area contributed by atoms with E-state index in [0.29, 0.717) is 21.3 Å². The highest BCUT2D eigenvalue weighted by molar-refractivity contribution is 7.17. The van der Waals surface area contributed by atoms with Gasteiger partial charge in [-0.15, -0.1) is 0 Å². The second-order valence-electron chi connectivity index (χ2n) is 7.17. The molecule has 33 heavy (non-hydrogen) atoms. The zero-order chi connectivity index (χ0) is 24.0.